The van der Waals surface area contributed by atoms with Crippen molar-refractivity contribution in [2.45, 2.75) is 19.3 Å². The summed E-state index contributed by atoms with van der Waals surface area (Å²) < 4.78 is 0. The van der Waals surface area contributed by atoms with Gasteiger partial charge in [0.2, 0.25) is 11.8 Å². The molecule has 1 fully saturated rings. The fraction of sp³-hybridized carbons (Fsp3) is 0.280. The molecule has 1 N–H and O–H groups in total. The van der Waals surface area contributed by atoms with Crippen molar-refractivity contribution < 1.29 is 9.59 Å². The fourth-order valence-corrected chi connectivity index (χ4v) is 4.76. The number of carbonyl (C=O) groups excluding carboxylic acids is 2. The van der Waals surface area contributed by atoms with Crippen LogP contribution >= 0.6 is 11.3 Å². The second kappa shape index (κ2) is 9.72. The number of amides is 2. The van der Waals surface area contributed by atoms with Gasteiger partial charge in [0.1, 0.15) is 0 Å². The van der Waals surface area contributed by atoms with Crippen LogP contribution in [0.15, 0.2) is 72.1 Å². The van der Waals surface area contributed by atoms with Gasteiger partial charge in [0.05, 0.1) is 5.92 Å². The van der Waals surface area contributed by atoms with Crippen molar-refractivity contribution in [3.63, 3.8) is 0 Å². The minimum Gasteiger partial charge on any atom is -0.354 e. The Hall–Kier alpha value is -2.92. The predicted molar refractivity (Wildman–Crippen MR) is 121 cm³/mol. The zero-order valence-electron chi connectivity index (χ0n) is 16.9. The number of benzene rings is 2. The van der Waals surface area contributed by atoms with Crippen molar-refractivity contribution in [3.05, 3.63) is 83.2 Å². The first-order valence-corrected chi connectivity index (χ1v) is 11.3. The summed E-state index contributed by atoms with van der Waals surface area (Å²) >= 11 is 1.70. The second-order valence-corrected chi connectivity index (χ2v) is 8.60. The summed E-state index contributed by atoms with van der Waals surface area (Å²) in [5, 5.41) is 5.06. The van der Waals surface area contributed by atoms with E-state index in [1.54, 1.807) is 11.3 Å². The smallest absolute Gasteiger partial charge is 0.225 e. The molecule has 154 valence electrons. The van der Waals surface area contributed by atoms with Gasteiger partial charge in [-0.2, -0.15) is 0 Å². The normalized spacial score (nSPS) is 16.7. The largest absolute Gasteiger partial charge is 0.354 e. The minimum absolute atomic E-state index is 0.0364. The third kappa shape index (κ3) is 4.97. The molecule has 0 saturated carbocycles. The molecule has 0 aliphatic carbocycles. The average molecular weight is 419 g/mol. The van der Waals surface area contributed by atoms with Gasteiger partial charge in [-0.3, -0.25) is 9.59 Å². The van der Waals surface area contributed by atoms with Crippen molar-refractivity contribution in [1.82, 2.24) is 10.2 Å². The number of hydrogen-bond acceptors (Lipinski definition) is 3. The number of aryl methyl sites for hydroxylation is 1. The van der Waals surface area contributed by atoms with Gasteiger partial charge >= 0.3 is 0 Å². The third-order valence-electron chi connectivity index (χ3n) is 5.59. The predicted octanol–water partition coefficient (Wildman–Crippen LogP) is 4.17. The zero-order valence-corrected chi connectivity index (χ0v) is 17.7. The Bertz CT molecular complexity index is 985. The minimum atomic E-state index is -0.241. The highest BCUT2D eigenvalue weighted by Crippen LogP contribution is 2.30. The summed E-state index contributed by atoms with van der Waals surface area (Å²) in [6.07, 6.45) is 1.82. The topological polar surface area (TPSA) is 49.4 Å². The van der Waals surface area contributed by atoms with Crippen molar-refractivity contribution >= 4 is 23.2 Å². The quantitative estimate of drug-likeness (QED) is 0.653. The number of thiophene rings is 1. The molecule has 5 heteroatoms. The first-order chi connectivity index (χ1) is 14.7. The standard InChI is InChI=1S/C25H26N2O2S/c28-24(13-12-19-7-2-1-3-8-19)27-15-14-26-25(29)21(18-27)17-20-9-4-5-10-22(20)23-11-6-16-30-23/h1-11,16,21H,12-15,17-18H2,(H,26,29)/t21-/m1/s1. The van der Waals surface area contributed by atoms with E-state index in [4.69, 9.17) is 0 Å². The van der Waals surface area contributed by atoms with E-state index in [1.165, 1.54) is 10.4 Å². The molecular weight excluding hydrogens is 392 g/mol. The Morgan fingerprint density at radius 1 is 1.03 bits per heavy atom. The molecular formula is C25H26N2O2S. The molecule has 1 aromatic heterocycles. The summed E-state index contributed by atoms with van der Waals surface area (Å²) in [6.45, 7) is 1.56. The SMILES string of the molecule is O=C1NCCN(C(=O)CCc2ccccc2)C[C@H]1Cc1ccccc1-c1cccs1. The molecule has 0 unspecified atom stereocenters. The highest BCUT2D eigenvalue weighted by molar-refractivity contribution is 7.13. The third-order valence-corrected chi connectivity index (χ3v) is 6.49. The molecule has 1 saturated heterocycles. The van der Waals surface area contributed by atoms with Gasteiger partial charge in [0.25, 0.3) is 0 Å². The highest BCUT2D eigenvalue weighted by atomic mass is 32.1. The molecule has 0 spiro atoms. The summed E-state index contributed by atoms with van der Waals surface area (Å²) in [5.74, 6) is -0.0875. The Kier molecular flexibility index (Phi) is 6.60. The molecule has 0 radical (unpaired) electrons. The summed E-state index contributed by atoms with van der Waals surface area (Å²) in [5.41, 5.74) is 3.49. The van der Waals surface area contributed by atoms with Crippen LogP contribution in [0.1, 0.15) is 17.5 Å². The number of carbonyl (C=O) groups is 2. The molecule has 2 aromatic carbocycles. The average Bonchev–Trinajstić information content (AvgIpc) is 3.25. The monoisotopic (exact) mass is 418 g/mol. The van der Waals surface area contributed by atoms with E-state index < -0.39 is 0 Å². The summed E-state index contributed by atoms with van der Waals surface area (Å²) in [4.78, 5) is 28.7. The Balaban J connectivity index is 1.45. The molecule has 4 rings (SSSR count). The molecule has 30 heavy (non-hydrogen) atoms. The fourth-order valence-electron chi connectivity index (χ4n) is 3.97. The number of nitrogens with one attached hydrogen (secondary N) is 1. The number of nitrogens with zero attached hydrogens (tertiary/aromatic N) is 1. The van der Waals surface area contributed by atoms with Crippen LogP contribution in [0, 0.1) is 5.92 Å². The summed E-state index contributed by atoms with van der Waals surface area (Å²) in [7, 11) is 0. The molecule has 1 aliphatic heterocycles. The van der Waals surface area contributed by atoms with E-state index in [1.807, 2.05) is 53.4 Å². The summed E-state index contributed by atoms with van der Waals surface area (Å²) in [6, 6.07) is 22.5. The van der Waals surface area contributed by atoms with Crippen LogP contribution in [-0.4, -0.2) is 36.3 Å². The Morgan fingerprint density at radius 2 is 1.83 bits per heavy atom. The van der Waals surface area contributed by atoms with Gasteiger partial charge in [-0.05, 0) is 41.0 Å². The maximum absolute atomic E-state index is 12.9. The first kappa shape index (κ1) is 20.4. The van der Waals surface area contributed by atoms with Gasteiger partial charge < -0.3 is 10.2 Å². The van der Waals surface area contributed by atoms with Gasteiger partial charge in [0.15, 0.2) is 0 Å². The molecule has 2 amide bonds. The molecule has 2 heterocycles. The van der Waals surface area contributed by atoms with Gasteiger partial charge in [-0.1, -0.05) is 60.7 Å². The van der Waals surface area contributed by atoms with Crippen molar-refractivity contribution in [2.75, 3.05) is 19.6 Å². The van der Waals surface area contributed by atoms with Crippen molar-refractivity contribution in [2.24, 2.45) is 5.92 Å². The van der Waals surface area contributed by atoms with E-state index in [0.29, 0.717) is 32.5 Å². The highest BCUT2D eigenvalue weighted by Gasteiger charge is 2.28. The van der Waals surface area contributed by atoms with Crippen LogP contribution in [-0.2, 0) is 22.4 Å². The lowest BCUT2D eigenvalue weighted by molar-refractivity contribution is -0.132. The van der Waals surface area contributed by atoms with Crippen LogP contribution in [0.3, 0.4) is 0 Å². The van der Waals surface area contributed by atoms with E-state index in [2.05, 4.69) is 28.9 Å². The van der Waals surface area contributed by atoms with Crippen LogP contribution in [0.4, 0.5) is 0 Å². The van der Waals surface area contributed by atoms with E-state index in [0.717, 1.165) is 17.5 Å². The van der Waals surface area contributed by atoms with E-state index in [9.17, 15) is 9.59 Å². The van der Waals surface area contributed by atoms with E-state index in [-0.39, 0.29) is 17.7 Å². The first-order valence-electron chi connectivity index (χ1n) is 10.4. The van der Waals surface area contributed by atoms with Crippen LogP contribution in [0.25, 0.3) is 10.4 Å². The molecule has 0 bridgehead atoms. The maximum atomic E-state index is 12.9. The van der Waals surface area contributed by atoms with E-state index >= 15 is 0 Å². The molecule has 4 nitrogen and oxygen atoms in total. The lowest BCUT2D eigenvalue weighted by atomic mass is 9.94. The van der Waals surface area contributed by atoms with Crippen molar-refractivity contribution in [3.8, 4) is 10.4 Å². The lowest BCUT2D eigenvalue weighted by Gasteiger charge is -2.24. The molecule has 1 atom stereocenters. The maximum Gasteiger partial charge on any atom is 0.225 e. The van der Waals surface area contributed by atoms with Gasteiger partial charge in [0, 0.05) is 30.9 Å². The lowest BCUT2D eigenvalue weighted by Crippen LogP contribution is -2.37. The van der Waals surface area contributed by atoms with Crippen LogP contribution < -0.4 is 5.32 Å². The van der Waals surface area contributed by atoms with Gasteiger partial charge in [-0.25, -0.2) is 0 Å². The zero-order chi connectivity index (χ0) is 20.8. The number of hydrogen-bond donors (Lipinski definition) is 1. The van der Waals surface area contributed by atoms with Crippen LogP contribution in [0.5, 0.6) is 0 Å². The molecule has 1 aliphatic rings. The van der Waals surface area contributed by atoms with Crippen molar-refractivity contribution in [1.29, 1.82) is 0 Å². The molecule has 3 aromatic rings. The Morgan fingerprint density at radius 3 is 2.63 bits per heavy atom. The van der Waals surface area contributed by atoms with Crippen LogP contribution in [0.2, 0.25) is 0 Å². The van der Waals surface area contributed by atoms with Gasteiger partial charge in [-0.15, -0.1) is 11.3 Å². The Labute approximate surface area is 181 Å². The number of rotatable bonds is 6. The second-order valence-electron chi connectivity index (χ2n) is 7.65.